The van der Waals surface area contributed by atoms with Crippen LogP contribution in [0.5, 0.6) is 5.75 Å². The third-order valence-electron chi connectivity index (χ3n) is 10.2. The normalized spacial score (nSPS) is 28.0. The van der Waals surface area contributed by atoms with Gasteiger partial charge in [-0.25, -0.2) is 4.79 Å². The lowest BCUT2D eigenvalue weighted by Gasteiger charge is -2.47. The molecule has 0 radical (unpaired) electrons. The van der Waals surface area contributed by atoms with Crippen LogP contribution in [-0.4, -0.2) is 57.7 Å². The molecule has 3 aliphatic carbocycles. The highest BCUT2D eigenvalue weighted by Gasteiger charge is 2.45. The Morgan fingerprint density at radius 3 is 2.76 bits per heavy atom. The molecule has 1 saturated carbocycles. The minimum absolute atomic E-state index is 0.115. The Kier molecular flexibility index (Phi) is 8.35. The van der Waals surface area contributed by atoms with Gasteiger partial charge in [-0.15, -0.1) is 0 Å². The quantitative estimate of drug-likeness (QED) is 0.304. The molecular weight excluding hydrogens is 538 g/mol. The van der Waals surface area contributed by atoms with Gasteiger partial charge < -0.3 is 24.2 Å². The van der Waals surface area contributed by atoms with E-state index in [1.165, 1.54) is 23.8 Å². The van der Waals surface area contributed by atoms with Crippen molar-refractivity contribution in [3.63, 3.8) is 0 Å². The van der Waals surface area contributed by atoms with E-state index in [-0.39, 0.29) is 24.1 Å². The number of aliphatic hydroxyl groups is 1. The number of rotatable bonds is 7. The van der Waals surface area contributed by atoms with E-state index in [2.05, 4.69) is 23.1 Å². The van der Waals surface area contributed by atoms with E-state index >= 15 is 0 Å². The van der Waals surface area contributed by atoms with E-state index in [1.54, 1.807) is 6.07 Å². The van der Waals surface area contributed by atoms with Gasteiger partial charge in [-0.2, -0.15) is 0 Å². The number of anilines is 1. The number of fused-ring (bicyclic) bond motifs is 3. The molecule has 1 fully saturated rings. The van der Waals surface area contributed by atoms with Crippen LogP contribution in [0.4, 0.5) is 5.69 Å². The molecule has 0 aromatic heterocycles. The maximum atomic E-state index is 12.5. The van der Waals surface area contributed by atoms with Gasteiger partial charge in [0.1, 0.15) is 5.75 Å². The summed E-state index contributed by atoms with van der Waals surface area (Å²) in [5.74, 6) is 1.77. The topological polar surface area (TPSA) is 68.2 Å². The van der Waals surface area contributed by atoms with Crippen LogP contribution in [0, 0.1) is 17.8 Å². The molecule has 1 aliphatic heterocycles. The van der Waals surface area contributed by atoms with Gasteiger partial charge in [-0.3, -0.25) is 0 Å². The molecule has 6 rings (SSSR count). The van der Waals surface area contributed by atoms with Crippen LogP contribution in [-0.2, 0) is 21.3 Å². The van der Waals surface area contributed by atoms with Crippen molar-refractivity contribution in [3.8, 4) is 5.75 Å². The first-order valence-corrected chi connectivity index (χ1v) is 15.5. The first kappa shape index (κ1) is 28.6. The fourth-order valence-electron chi connectivity index (χ4n) is 7.80. The molecule has 0 bridgehead atoms. The van der Waals surface area contributed by atoms with Crippen molar-refractivity contribution < 1.29 is 24.1 Å². The Morgan fingerprint density at radius 2 is 2.05 bits per heavy atom. The molecule has 2 aromatic carbocycles. The molecule has 0 saturated heterocycles. The molecule has 0 amide bonds. The average molecular weight is 580 g/mol. The number of ether oxygens (including phenoxy) is 3. The van der Waals surface area contributed by atoms with Crippen molar-refractivity contribution in [2.45, 2.75) is 62.9 Å². The molecule has 4 aliphatic rings. The van der Waals surface area contributed by atoms with Gasteiger partial charge >= 0.3 is 5.97 Å². The number of aliphatic hydroxyl groups excluding tert-OH is 1. The van der Waals surface area contributed by atoms with Gasteiger partial charge in [0.2, 0.25) is 0 Å². The molecule has 7 heteroatoms. The Balaban J connectivity index is 1.32. The van der Waals surface area contributed by atoms with E-state index in [9.17, 15) is 9.90 Å². The summed E-state index contributed by atoms with van der Waals surface area (Å²) in [7, 11) is 3.27. The summed E-state index contributed by atoms with van der Waals surface area (Å²) >= 11 is 6.42. The summed E-state index contributed by atoms with van der Waals surface area (Å²) in [5, 5.41) is 10.4. The number of halogens is 1. The number of allylic oxidation sites excluding steroid dienone is 1. The Hall–Kier alpha value is -2.54. The summed E-state index contributed by atoms with van der Waals surface area (Å²) in [6.45, 7) is 2.55. The fourth-order valence-corrected chi connectivity index (χ4v) is 7.99. The number of benzene rings is 2. The molecule has 1 unspecified atom stereocenters. The Bertz CT molecular complexity index is 1310. The molecule has 41 heavy (non-hydrogen) atoms. The Labute approximate surface area is 248 Å². The zero-order valence-electron chi connectivity index (χ0n) is 24.2. The molecule has 2 aromatic rings. The Morgan fingerprint density at radius 1 is 1.17 bits per heavy atom. The maximum Gasteiger partial charge on any atom is 0.337 e. The van der Waals surface area contributed by atoms with E-state index in [0.29, 0.717) is 29.9 Å². The molecule has 220 valence electrons. The van der Waals surface area contributed by atoms with Crippen LogP contribution in [0.2, 0.25) is 5.02 Å². The lowest BCUT2D eigenvalue weighted by atomic mass is 9.66. The highest BCUT2D eigenvalue weighted by molar-refractivity contribution is 6.30. The third kappa shape index (κ3) is 5.51. The third-order valence-corrected chi connectivity index (χ3v) is 10.4. The van der Waals surface area contributed by atoms with Crippen molar-refractivity contribution >= 4 is 23.3 Å². The lowest BCUT2D eigenvalue weighted by Crippen LogP contribution is -2.50. The number of hydrogen-bond acceptors (Lipinski definition) is 6. The van der Waals surface area contributed by atoms with Crippen LogP contribution in [0.3, 0.4) is 0 Å². The van der Waals surface area contributed by atoms with Crippen LogP contribution < -0.4 is 9.64 Å². The van der Waals surface area contributed by atoms with Crippen molar-refractivity contribution in [1.82, 2.24) is 0 Å². The van der Waals surface area contributed by atoms with Gasteiger partial charge in [0.15, 0.2) is 0 Å². The number of nitrogens with zero attached hydrogens (tertiary/aromatic N) is 1. The van der Waals surface area contributed by atoms with Crippen molar-refractivity contribution in [2.75, 3.05) is 45.4 Å². The monoisotopic (exact) mass is 579 g/mol. The van der Waals surface area contributed by atoms with E-state index in [1.807, 2.05) is 25.3 Å². The summed E-state index contributed by atoms with van der Waals surface area (Å²) in [6.07, 6.45) is 10.9. The zero-order chi connectivity index (χ0) is 28.6. The number of esters is 1. The molecule has 1 heterocycles. The van der Waals surface area contributed by atoms with Crippen LogP contribution in [0.15, 0.2) is 48.0 Å². The van der Waals surface area contributed by atoms with Crippen molar-refractivity contribution in [1.29, 1.82) is 0 Å². The number of methoxy groups -OCH3 is 2. The predicted molar refractivity (Wildman–Crippen MR) is 161 cm³/mol. The van der Waals surface area contributed by atoms with Crippen LogP contribution >= 0.6 is 11.6 Å². The average Bonchev–Trinajstić information content (AvgIpc) is 3.14. The minimum Gasteiger partial charge on any atom is -0.490 e. The number of hydrogen-bond donors (Lipinski definition) is 1. The minimum atomic E-state index is -0.337. The van der Waals surface area contributed by atoms with E-state index in [0.717, 1.165) is 80.9 Å². The second-order valence-electron chi connectivity index (χ2n) is 12.5. The largest absolute Gasteiger partial charge is 0.490 e. The van der Waals surface area contributed by atoms with E-state index < -0.39 is 0 Å². The summed E-state index contributed by atoms with van der Waals surface area (Å²) in [5.41, 5.74) is 5.40. The van der Waals surface area contributed by atoms with Gasteiger partial charge in [0.05, 0.1) is 31.1 Å². The van der Waals surface area contributed by atoms with Crippen LogP contribution in [0.25, 0.3) is 0 Å². The zero-order valence-corrected chi connectivity index (χ0v) is 25.0. The summed E-state index contributed by atoms with van der Waals surface area (Å²) in [6, 6.07) is 12.0. The first-order valence-electron chi connectivity index (χ1n) is 15.2. The summed E-state index contributed by atoms with van der Waals surface area (Å²) in [4.78, 5) is 15.0. The SMILES string of the molecule is COC(=O)c1ccc2c(c1)N(C[C@@H]1CC[C@H]1C(OC)C1=CC[C@@H](CO)CC1)C[C@@]1(CCCc3cc(Cl)ccc31)CO2. The molecule has 6 nitrogen and oxygen atoms in total. The van der Waals surface area contributed by atoms with Crippen LogP contribution in [0.1, 0.15) is 66.4 Å². The standard InChI is InChI=1S/C34H42ClNO5/c1-39-32(23-7-5-22(19-37)6-8-23)28-12-9-26(28)18-36-20-34(15-3-4-24-16-27(35)11-13-29(24)34)21-41-31-14-10-25(17-30(31)36)33(38)40-2/h7,10-11,13-14,16-17,22,26,28,32,37H,3-6,8-9,12,15,18-21H2,1-2H3/t22-,26+,28-,32?,34+/m1/s1. The van der Waals surface area contributed by atoms with E-state index in [4.69, 9.17) is 25.8 Å². The predicted octanol–water partition coefficient (Wildman–Crippen LogP) is 6.36. The van der Waals surface area contributed by atoms with Gasteiger partial charge in [0, 0.05) is 37.2 Å². The lowest BCUT2D eigenvalue weighted by molar-refractivity contribution is 0.00273. The number of carbonyl (C=O) groups is 1. The van der Waals surface area contributed by atoms with Gasteiger partial charge in [0.25, 0.3) is 0 Å². The molecular formula is C34H42ClNO5. The molecule has 1 spiro atoms. The number of carbonyl (C=O) groups excluding carboxylic acids is 1. The summed E-state index contributed by atoms with van der Waals surface area (Å²) < 4.78 is 17.8. The number of aryl methyl sites for hydroxylation is 1. The van der Waals surface area contributed by atoms with Crippen molar-refractivity contribution in [2.24, 2.45) is 17.8 Å². The van der Waals surface area contributed by atoms with Gasteiger partial charge in [-0.05, 0) is 116 Å². The smallest absolute Gasteiger partial charge is 0.337 e. The van der Waals surface area contributed by atoms with Gasteiger partial charge in [-0.1, -0.05) is 23.7 Å². The highest BCUT2D eigenvalue weighted by atomic mass is 35.5. The maximum absolute atomic E-state index is 12.5. The first-order chi connectivity index (χ1) is 19.9. The van der Waals surface area contributed by atoms with Crippen molar-refractivity contribution in [3.05, 3.63) is 69.8 Å². The highest BCUT2D eigenvalue weighted by Crippen LogP contribution is 2.48. The molecule has 1 N–H and O–H groups in total. The molecule has 5 atom stereocenters. The second-order valence-corrected chi connectivity index (χ2v) is 13.0. The second kappa shape index (κ2) is 12.0. The fraction of sp³-hybridized carbons (Fsp3) is 0.559.